The number of hydrogen-bond donors (Lipinski definition) is 1. The van der Waals surface area contributed by atoms with E-state index in [1.165, 1.54) is 24.5 Å². The fourth-order valence-corrected chi connectivity index (χ4v) is 5.09. The number of ether oxygens (including phenoxy) is 1. The van der Waals surface area contributed by atoms with Crippen molar-refractivity contribution in [2.45, 2.75) is 32.4 Å². The van der Waals surface area contributed by atoms with Gasteiger partial charge in [-0.25, -0.2) is 19.3 Å². The summed E-state index contributed by atoms with van der Waals surface area (Å²) < 4.78 is 35.9. The lowest BCUT2D eigenvalue weighted by atomic mass is 9.95. The highest BCUT2D eigenvalue weighted by molar-refractivity contribution is 5.95. The summed E-state index contributed by atoms with van der Waals surface area (Å²) in [6, 6.07) is 11.4. The Morgan fingerprint density at radius 1 is 1.08 bits per heavy atom. The number of halogens is 2. The van der Waals surface area contributed by atoms with Crippen LogP contribution in [0, 0.1) is 30.5 Å². The van der Waals surface area contributed by atoms with Crippen molar-refractivity contribution in [3.63, 3.8) is 0 Å². The maximum Gasteiger partial charge on any atom is 0.260 e. The minimum atomic E-state index is -0.782. The van der Waals surface area contributed by atoms with Crippen LogP contribution in [0.25, 0.3) is 17.2 Å². The van der Waals surface area contributed by atoms with E-state index in [1.54, 1.807) is 30.0 Å². The molecule has 4 aromatic rings. The smallest absolute Gasteiger partial charge is 0.260 e. The second-order valence-corrected chi connectivity index (χ2v) is 10.6. The summed E-state index contributed by atoms with van der Waals surface area (Å²) in [5, 5.41) is 4.15. The first kappa shape index (κ1) is 25.1. The average Bonchev–Trinajstić information content (AvgIpc) is 3.22. The normalized spacial score (nSPS) is 20.2. The molecule has 11 heteroatoms. The third-order valence-electron chi connectivity index (χ3n) is 7.30. The van der Waals surface area contributed by atoms with Crippen LogP contribution in [0.2, 0.25) is 0 Å². The summed E-state index contributed by atoms with van der Waals surface area (Å²) in [7, 11) is 0. The van der Waals surface area contributed by atoms with E-state index in [0.29, 0.717) is 24.7 Å². The Bertz CT molecular complexity index is 1540. The van der Waals surface area contributed by atoms with Crippen LogP contribution in [0.15, 0.2) is 54.9 Å². The number of piperidine rings is 1. The van der Waals surface area contributed by atoms with Crippen LogP contribution in [0.5, 0.6) is 5.88 Å². The Kier molecular flexibility index (Phi) is 5.91. The van der Waals surface area contributed by atoms with E-state index in [-0.39, 0.29) is 41.0 Å². The van der Waals surface area contributed by atoms with Gasteiger partial charge in [-0.1, -0.05) is 0 Å². The van der Waals surface area contributed by atoms with Gasteiger partial charge in [0.15, 0.2) is 0 Å². The predicted octanol–water partition coefficient (Wildman–Crippen LogP) is 3.65. The number of carbonyl (C=O) groups is 1. The zero-order chi connectivity index (χ0) is 27.5. The molecule has 3 atom stereocenters. The molecule has 1 aliphatic heterocycles. The summed E-state index contributed by atoms with van der Waals surface area (Å²) in [5.41, 5.74) is 8.14. The van der Waals surface area contributed by atoms with Gasteiger partial charge in [0.1, 0.15) is 17.5 Å². The molecule has 0 spiro atoms. The summed E-state index contributed by atoms with van der Waals surface area (Å²) >= 11 is 0. The molecule has 6 rings (SSSR count). The molecule has 9 nitrogen and oxygen atoms in total. The molecule has 200 valence electrons. The van der Waals surface area contributed by atoms with Crippen molar-refractivity contribution in [3.05, 3.63) is 83.4 Å². The lowest BCUT2D eigenvalue weighted by Gasteiger charge is -2.22. The average molecular weight is 532 g/mol. The fraction of sp³-hybridized carbons (Fsp3) is 0.321. The minimum absolute atomic E-state index is 0.0604. The van der Waals surface area contributed by atoms with Crippen molar-refractivity contribution in [1.82, 2.24) is 29.6 Å². The van der Waals surface area contributed by atoms with E-state index in [4.69, 9.17) is 10.5 Å². The number of aromatic nitrogens is 5. The van der Waals surface area contributed by atoms with E-state index in [0.717, 1.165) is 15.8 Å². The Morgan fingerprint density at radius 3 is 2.38 bits per heavy atom. The largest absolute Gasteiger partial charge is 0.474 e. The van der Waals surface area contributed by atoms with Crippen molar-refractivity contribution in [3.8, 4) is 23.1 Å². The number of likely N-dealkylation sites (tertiary alicyclic amines) is 1. The van der Waals surface area contributed by atoms with Gasteiger partial charge in [-0.3, -0.25) is 4.79 Å². The number of nitrogens with zero attached hydrogens (tertiary/aromatic N) is 6. The number of amides is 1. The third kappa shape index (κ3) is 4.63. The van der Waals surface area contributed by atoms with Gasteiger partial charge in [0, 0.05) is 54.5 Å². The van der Waals surface area contributed by atoms with Crippen LogP contribution >= 0.6 is 0 Å². The van der Waals surface area contributed by atoms with Gasteiger partial charge in [0.2, 0.25) is 11.8 Å². The molecule has 4 heterocycles. The second-order valence-electron chi connectivity index (χ2n) is 10.6. The summed E-state index contributed by atoms with van der Waals surface area (Å²) in [6.45, 7) is 6.25. The topological polar surface area (TPSA) is 112 Å². The molecule has 0 bridgehead atoms. The van der Waals surface area contributed by atoms with Crippen LogP contribution in [0.1, 0.15) is 35.5 Å². The SMILES string of the molecule is Cc1nn(-c2ncccn2)c(F)c1C(=O)N1CC2C(Oc3cc(C(C)(C)N)cc(-c4ccc(F)cc4)n3)[C@@H]2C1. The Morgan fingerprint density at radius 2 is 1.74 bits per heavy atom. The van der Waals surface area contributed by atoms with Gasteiger partial charge in [0.25, 0.3) is 11.9 Å². The van der Waals surface area contributed by atoms with Crippen molar-refractivity contribution in [2.24, 2.45) is 17.6 Å². The Balaban J connectivity index is 1.17. The lowest BCUT2D eigenvalue weighted by molar-refractivity contribution is 0.0746. The van der Waals surface area contributed by atoms with Crippen LogP contribution in [-0.2, 0) is 5.54 Å². The standard InChI is InChI=1S/C28H27F2N7O2/c1-15-23(25(30)37(35-15)27-32-9-4-10-33-27)26(38)36-13-19-20(14-36)24(19)39-22-12-17(28(2,3)31)11-21(34-22)16-5-7-18(29)8-6-16/h4-12,19-20,24H,13-14,31H2,1-3H3/t19-,20?,24?/m1/s1. The predicted molar refractivity (Wildman–Crippen MR) is 138 cm³/mol. The van der Waals surface area contributed by atoms with E-state index in [9.17, 15) is 9.18 Å². The van der Waals surface area contributed by atoms with Crippen LogP contribution in [-0.4, -0.2) is 54.7 Å². The minimum Gasteiger partial charge on any atom is -0.474 e. The molecule has 2 aliphatic rings. The molecule has 2 unspecified atom stereocenters. The molecule has 1 saturated carbocycles. The fourth-order valence-electron chi connectivity index (χ4n) is 5.09. The summed E-state index contributed by atoms with van der Waals surface area (Å²) in [4.78, 5) is 27.6. The van der Waals surface area contributed by atoms with E-state index in [1.807, 2.05) is 26.0 Å². The zero-order valence-corrected chi connectivity index (χ0v) is 21.7. The maximum absolute atomic E-state index is 15.2. The number of rotatable bonds is 6. The number of carbonyl (C=O) groups excluding carboxylic acids is 1. The molecule has 2 N–H and O–H groups in total. The second kappa shape index (κ2) is 9.19. The molecule has 1 saturated heterocycles. The number of nitrogens with two attached hydrogens (primary N) is 1. The van der Waals surface area contributed by atoms with Crippen LogP contribution in [0.4, 0.5) is 8.78 Å². The highest BCUT2D eigenvalue weighted by atomic mass is 19.1. The summed E-state index contributed by atoms with van der Waals surface area (Å²) in [6.07, 6.45) is 2.84. The monoisotopic (exact) mass is 531 g/mol. The van der Waals surface area contributed by atoms with E-state index < -0.39 is 17.4 Å². The summed E-state index contributed by atoms with van der Waals surface area (Å²) in [5.74, 6) is -0.825. The van der Waals surface area contributed by atoms with Crippen LogP contribution in [0.3, 0.4) is 0 Å². The molecule has 1 aromatic carbocycles. The van der Waals surface area contributed by atoms with Gasteiger partial charge in [-0.15, -0.1) is 0 Å². The van der Waals surface area contributed by atoms with Crippen molar-refractivity contribution in [1.29, 1.82) is 0 Å². The lowest BCUT2D eigenvalue weighted by Crippen LogP contribution is -2.34. The van der Waals surface area contributed by atoms with Crippen molar-refractivity contribution >= 4 is 5.91 Å². The number of aryl methyl sites for hydroxylation is 1. The highest BCUT2D eigenvalue weighted by Gasteiger charge is 2.59. The molecule has 1 aliphatic carbocycles. The van der Waals surface area contributed by atoms with E-state index in [2.05, 4.69) is 20.1 Å². The molecule has 0 radical (unpaired) electrons. The number of fused-ring (bicyclic) bond motifs is 1. The van der Waals surface area contributed by atoms with Gasteiger partial charge >= 0.3 is 0 Å². The van der Waals surface area contributed by atoms with Crippen LogP contribution < -0.4 is 10.5 Å². The molecule has 2 fully saturated rings. The molecular formula is C28H27F2N7O2. The first-order valence-electron chi connectivity index (χ1n) is 12.7. The Labute approximate surface area is 223 Å². The highest BCUT2D eigenvalue weighted by Crippen LogP contribution is 2.48. The van der Waals surface area contributed by atoms with Gasteiger partial charge < -0.3 is 15.4 Å². The van der Waals surface area contributed by atoms with Gasteiger partial charge in [-0.05, 0) is 62.7 Å². The molecule has 39 heavy (non-hydrogen) atoms. The Hall–Kier alpha value is -4.25. The van der Waals surface area contributed by atoms with E-state index >= 15 is 4.39 Å². The van der Waals surface area contributed by atoms with Gasteiger partial charge in [0.05, 0.1) is 11.4 Å². The maximum atomic E-state index is 15.2. The first-order chi connectivity index (χ1) is 18.6. The zero-order valence-electron chi connectivity index (χ0n) is 21.7. The number of benzene rings is 1. The third-order valence-corrected chi connectivity index (χ3v) is 7.30. The number of hydrogen-bond acceptors (Lipinski definition) is 7. The molecular weight excluding hydrogens is 504 g/mol. The van der Waals surface area contributed by atoms with Gasteiger partial charge in [-0.2, -0.15) is 14.2 Å². The quantitative estimate of drug-likeness (QED) is 0.404. The first-order valence-corrected chi connectivity index (χ1v) is 12.7. The van der Waals surface area contributed by atoms with Crippen molar-refractivity contribution < 1.29 is 18.3 Å². The number of pyridine rings is 1. The molecule has 1 amide bonds. The molecule has 3 aromatic heterocycles. The van der Waals surface area contributed by atoms with Crippen molar-refractivity contribution in [2.75, 3.05) is 13.1 Å².